The molecule has 1 aromatic rings. The van der Waals surface area contributed by atoms with E-state index in [9.17, 15) is 8.42 Å². The van der Waals surface area contributed by atoms with Crippen molar-refractivity contribution in [2.75, 3.05) is 10.5 Å². The first-order chi connectivity index (χ1) is 6.91. The van der Waals surface area contributed by atoms with Crippen molar-refractivity contribution in [3.05, 3.63) is 24.3 Å². The molecule has 0 spiro atoms. The highest BCUT2D eigenvalue weighted by molar-refractivity contribution is 7.90. The highest BCUT2D eigenvalue weighted by Gasteiger charge is 2.12. The smallest absolute Gasteiger partial charge is 0.299 e. The number of benzene rings is 1. The molecule has 0 aliphatic heterocycles. The lowest BCUT2D eigenvalue weighted by Crippen LogP contribution is -2.35. The molecule has 0 aliphatic carbocycles. The Morgan fingerprint density at radius 2 is 1.87 bits per heavy atom. The maximum atomic E-state index is 11.5. The molecular weight excluding hydrogens is 214 g/mol. The van der Waals surface area contributed by atoms with E-state index >= 15 is 0 Å². The van der Waals surface area contributed by atoms with E-state index in [4.69, 9.17) is 5.73 Å². The van der Waals surface area contributed by atoms with Gasteiger partial charge in [-0.15, -0.1) is 0 Å². The highest BCUT2D eigenvalue weighted by Crippen LogP contribution is 2.17. The predicted molar refractivity (Wildman–Crippen MR) is 61.7 cm³/mol. The van der Waals surface area contributed by atoms with Gasteiger partial charge < -0.3 is 5.73 Å². The van der Waals surface area contributed by atoms with Crippen LogP contribution in [0, 0.1) is 0 Å². The molecule has 0 aromatic heterocycles. The SMILES string of the molecule is CC(C)NS(=O)(=O)Nc1ccccc1N. The molecule has 1 aromatic carbocycles. The van der Waals surface area contributed by atoms with Gasteiger partial charge in [-0.3, -0.25) is 4.72 Å². The Hall–Kier alpha value is -1.27. The molecule has 0 radical (unpaired) electrons. The molecule has 0 bridgehead atoms. The molecule has 0 aliphatic rings. The largest absolute Gasteiger partial charge is 0.397 e. The van der Waals surface area contributed by atoms with Crippen LogP contribution in [-0.2, 0) is 10.2 Å². The van der Waals surface area contributed by atoms with Crippen molar-refractivity contribution in [1.82, 2.24) is 4.72 Å². The van der Waals surface area contributed by atoms with Crippen LogP contribution in [0.25, 0.3) is 0 Å². The minimum Gasteiger partial charge on any atom is -0.397 e. The summed E-state index contributed by atoms with van der Waals surface area (Å²) >= 11 is 0. The Morgan fingerprint density at radius 1 is 1.27 bits per heavy atom. The average molecular weight is 229 g/mol. The fraction of sp³-hybridized carbons (Fsp3) is 0.333. The number of nitrogens with two attached hydrogens (primary N) is 1. The van der Waals surface area contributed by atoms with Gasteiger partial charge in [0.2, 0.25) is 0 Å². The van der Waals surface area contributed by atoms with Crippen LogP contribution in [0.15, 0.2) is 24.3 Å². The molecule has 0 heterocycles. The lowest BCUT2D eigenvalue weighted by atomic mass is 10.3. The molecular formula is C9H15N3O2S. The molecule has 84 valence electrons. The minimum absolute atomic E-state index is 0.160. The summed E-state index contributed by atoms with van der Waals surface area (Å²) in [5.74, 6) is 0. The van der Waals surface area contributed by atoms with Crippen LogP contribution in [-0.4, -0.2) is 14.5 Å². The van der Waals surface area contributed by atoms with Gasteiger partial charge >= 0.3 is 0 Å². The highest BCUT2D eigenvalue weighted by atomic mass is 32.2. The van der Waals surface area contributed by atoms with Crippen molar-refractivity contribution < 1.29 is 8.42 Å². The van der Waals surface area contributed by atoms with Crippen LogP contribution >= 0.6 is 0 Å². The van der Waals surface area contributed by atoms with Crippen LogP contribution in [0.4, 0.5) is 11.4 Å². The summed E-state index contributed by atoms with van der Waals surface area (Å²) < 4.78 is 27.7. The van der Waals surface area contributed by atoms with Crippen LogP contribution in [0.2, 0.25) is 0 Å². The molecule has 4 N–H and O–H groups in total. The van der Waals surface area contributed by atoms with Crippen molar-refractivity contribution in [3.8, 4) is 0 Å². The Balaban J connectivity index is 2.83. The molecule has 15 heavy (non-hydrogen) atoms. The van der Waals surface area contributed by atoms with E-state index in [0.29, 0.717) is 11.4 Å². The fourth-order valence-electron chi connectivity index (χ4n) is 1.07. The zero-order valence-electron chi connectivity index (χ0n) is 8.69. The van der Waals surface area contributed by atoms with Crippen molar-refractivity contribution in [1.29, 1.82) is 0 Å². The van der Waals surface area contributed by atoms with Gasteiger partial charge in [-0.2, -0.15) is 13.1 Å². The number of hydrogen-bond donors (Lipinski definition) is 3. The summed E-state index contributed by atoms with van der Waals surface area (Å²) in [5, 5.41) is 0. The molecule has 0 saturated carbocycles. The summed E-state index contributed by atoms with van der Waals surface area (Å²) in [7, 11) is -3.54. The predicted octanol–water partition coefficient (Wildman–Crippen LogP) is 0.923. The van der Waals surface area contributed by atoms with Crippen molar-refractivity contribution in [3.63, 3.8) is 0 Å². The minimum atomic E-state index is -3.54. The van der Waals surface area contributed by atoms with Gasteiger partial charge in [0.05, 0.1) is 11.4 Å². The fourth-order valence-corrected chi connectivity index (χ4v) is 2.23. The zero-order valence-corrected chi connectivity index (χ0v) is 9.51. The lowest BCUT2D eigenvalue weighted by Gasteiger charge is -2.12. The van der Waals surface area contributed by atoms with Gasteiger partial charge in [-0.25, -0.2) is 0 Å². The Bertz CT molecular complexity index is 429. The van der Waals surface area contributed by atoms with Crippen molar-refractivity contribution >= 4 is 21.6 Å². The number of rotatable bonds is 4. The van der Waals surface area contributed by atoms with Crippen LogP contribution in [0.3, 0.4) is 0 Å². The lowest BCUT2D eigenvalue weighted by molar-refractivity contribution is 0.575. The standard InChI is InChI=1S/C9H15N3O2S/c1-7(2)11-15(13,14)12-9-6-4-3-5-8(9)10/h3-7,11-12H,10H2,1-2H3. The topological polar surface area (TPSA) is 84.2 Å². The number of hydrogen-bond acceptors (Lipinski definition) is 3. The van der Waals surface area contributed by atoms with Crippen molar-refractivity contribution in [2.45, 2.75) is 19.9 Å². The number of anilines is 2. The monoisotopic (exact) mass is 229 g/mol. The normalized spacial score (nSPS) is 11.7. The maximum absolute atomic E-state index is 11.5. The van der Waals surface area contributed by atoms with Crippen LogP contribution in [0.1, 0.15) is 13.8 Å². The second-order valence-electron chi connectivity index (χ2n) is 3.47. The molecule has 6 heteroatoms. The quantitative estimate of drug-likeness (QED) is 0.671. The van der Waals surface area contributed by atoms with Gasteiger partial charge in [0, 0.05) is 6.04 Å². The van der Waals surface area contributed by atoms with E-state index in [0.717, 1.165) is 0 Å². The maximum Gasteiger partial charge on any atom is 0.299 e. The third-order valence-corrected chi connectivity index (χ3v) is 2.87. The van der Waals surface area contributed by atoms with E-state index in [1.54, 1.807) is 38.1 Å². The van der Waals surface area contributed by atoms with Gasteiger partial charge in [0.25, 0.3) is 10.2 Å². The van der Waals surface area contributed by atoms with E-state index in [1.165, 1.54) is 0 Å². The Kier molecular flexibility index (Phi) is 3.54. The van der Waals surface area contributed by atoms with E-state index < -0.39 is 10.2 Å². The van der Waals surface area contributed by atoms with Crippen molar-refractivity contribution in [2.24, 2.45) is 0 Å². The molecule has 0 saturated heterocycles. The molecule has 0 atom stereocenters. The van der Waals surface area contributed by atoms with E-state index in [2.05, 4.69) is 9.44 Å². The second kappa shape index (κ2) is 4.50. The summed E-state index contributed by atoms with van der Waals surface area (Å²) in [6.07, 6.45) is 0. The van der Waals surface area contributed by atoms with Crippen LogP contribution in [0.5, 0.6) is 0 Å². The zero-order chi connectivity index (χ0) is 11.5. The molecule has 5 nitrogen and oxygen atoms in total. The Labute approximate surface area is 89.9 Å². The third-order valence-electron chi connectivity index (χ3n) is 1.60. The number of nitrogens with one attached hydrogen (secondary N) is 2. The third kappa shape index (κ3) is 3.77. The molecule has 1 rings (SSSR count). The van der Waals surface area contributed by atoms with Gasteiger partial charge in [0.15, 0.2) is 0 Å². The van der Waals surface area contributed by atoms with Gasteiger partial charge in [0.1, 0.15) is 0 Å². The molecule has 0 unspecified atom stereocenters. The van der Waals surface area contributed by atoms with Gasteiger partial charge in [-0.1, -0.05) is 12.1 Å². The van der Waals surface area contributed by atoms with Crippen LogP contribution < -0.4 is 15.2 Å². The molecule has 0 fully saturated rings. The second-order valence-corrected chi connectivity index (χ2v) is 4.91. The summed E-state index contributed by atoms with van der Waals surface area (Å²) in [6.45, 7) is 3.49. The molecule has 0 amide bonds. The number of nitrogen functional groups attached to an aromatic ring is 1. The first kappa shape index (κ1) is 11.8. The number of para-hydroxylation sites is 2. The first-order valence-electron chi connectivity index (χ1n) is 4.55. The van der Waals surface area contributed by atoms with E-state index in [1.807, 2.05) is 0 Å². The summed E-state index contributed by atoms with van der Waals surface area (Å²) in [6, 6.07) is 6.53. The van der Waals surface area contributed by atoms with E-state index in [-0.39, 0.29) is 6.04 Å². The average Bonchev–Trinajstić information content (AvgIpc) is 2.06. The van der Waals surface area contributed by atoms with Gasteiger partial charge in [-0.05, 0) is 26.0 Å². The first-order valence-corrected chi connectivity index (χ1v) is 6.03. The summed E-state index contributed by atoms with van der Waals surface area (Å²) in [5.41, 5.74) is 6.38. The summed E-state index contributed by atoms with van der Waals surface area (Å²) in [4.78, 5) is 0. The Morgan fingerprint density at radius 3 is 2.40 bits per heavy atom.